The van der Waals surface area contributed by atoms with Crippen LogP contribution in [0.5, 0.6) is 0 Å². The quantitative estimate of drug-likeness (QED) is 0.236. The smallest absolute Gasteiger partial charge is 0.191 e. The molecule has 0 unspecified atom stereocenters. The molecule has 0 saturated heterocycles. The maximum absolute atomic E-state index is 5.61. The van der Waals surface area contributed by atoms with Gasteiger partial charge in [0.05, 0.1) is 18.8 Å². The summed E-state index contributed by atoms with van der Waals surface area (Å²) in [6.45, 7) is 14.5. The van der Waals surface area contributed by atoms with E-state index in [9.17, 15) is 0 Å². The molecule has 0 spiro atoms. The Bertz CT molecular complexity index is 463. The van der Waals surface area contributed by atoms with E-state index >= 15 is 0 Å². The summed E-state index contributed by atoms with van der Waals surface area (Å²) in [5, 5.41) is 9.73. The Morgan fingerprint density at radius 1 is 1.25 bits per heavy atom. The molecule has 1 rings (SSSR count). The summed E-state index contributed by atoms with van der Waals surface area (Å²) >= 11 is 1.68. The molecule has 0 amide bonds. The van der Waals surface area contributed by atoms with Crippen LogP contribution in [-0.4, -0.2) is 37.2 Å². The summed E-state index contributed by atoms with van der Waals surface area (Å²) in [4.78, 5) is 9.20. The van der Waals surface area contributed by atoms with Crippen molar-refractivity contribution in [1.29, 1.82) is 0 Å². The second-order valence-electron chi connectivity index (χ2n) is 6.24. The van der Waals surface area contributed by atoms with Crippen molar-refractivity contribution in [1.82, 2.24) is 15.6 Å². The van der Waals surface area contributed by atoms with Crippen molar-refractivity contribution in [3.05, 3.63) is 16.1 Å². The number of hydrogen-bond acceptors (Lipinski definition) is 4. The third-order valence-electron chi connectivity index (χ3n) is 3.26. The maximum atomic E-state index is 5.61. The first-order valence-electron chi connectivity index (χ1n) is 8.57. The van der Waals surface area contributed by atoms with Gasteiger partial charge in [0.15, 0.2) is 5.96 Å². The van der Waals surface area contributed by atoms with Crippen LogP contribution in [0.1, 0.15) is 57.7 Å². The zero-order valence-electron chi connectivity index (χ0n) is 15.6. The van der Waals surface area contributed by atoms with Gasteiger partial charge in [-0.25, -0.2) is 9.98 Å². The van der Waals surface area contributed by atoms with Crippen LogP contribution in [0.4, 0.5) is 0 Å². The SMILES string of the molecule is CCNC(=NCc1nc(C(C)C)cs1)NCCOCCC(C)C.I. The van der Waals surface area contributed by atoms with Gasteiger partial charge in [0.2, 0.25) is 0 Å². The van der Waals surface area contributed by atoms with Gasteiger partial charge in [-0.05, 0) is 25.2 Å². The number of guanidine groups is 1. The van der Waals surface area contributed by atoms with Crippen molar-refractivity contribution >= 4 is 41.3 Å². The zero-order chi connectivity index (χ0) is 17.1. The molecule has 0 aromatic carbocycles. The summed E-state index contributed by atoms with van der Waals surface area (Å²) in [6.07, 6.45) is 1.11. The van der Waals surface area contributed by atoms with E-state index in [1.807, 2.05) is 0 Å². The van der Waals surface area contributed by atoms with E-state index in [4.69, 9.17) is 4.74 Å². The highest BCUT2D eigenvalue weighted by molar-refractivity contribution is 14.0. The van der Waals surface area contributed by atoms with Crippen molar-refractivity contribution in [2.45, 2.75) is 53.5 Å². The topological polar surface area (TPSA) is 58.5 Å². The number of halogens is 1. The number of thiazole rings is 1. The summed E-state index contributed by atoms with van der Waals surface area (Å²) in [7, 11) is 0. The van der Waals surface area contributed by atoms with Gasteiger partial charge in [0.25, 0.3) is 0 Å². The molecule has 0 aliphatic heterocycles. The fraction of sp³-hybridized carbons (Fsp3) is 0.765. The first-order valence-corrected chi connectivity index (χ1v) is 9.45. The Hall–Kier alpha value is -0.410. The van der Waals surface area contributed by atoms with Gasteiger partial charge in [0, 0.05) is 25.1 Å². The second-order valence-corrected chi connectivity index (χ2v) is 7.18. The Morgan fingerprint density at radius 3 is 2.58 bits per heavy atom. The molecular weight excluding hydrogens is 435 g/mol. The van der Waals surface area contributed by atoms with Crippen LogP contribution in [0, 0.1) is 5.92 Å². The Balaban J connectivity index is 0.00000529. The van der Waals surface area contributed by atoms with E-state index in [0.717, 1.165) is 42.8 Å². The fourth-order valence-corrected chi connectivity index (χ4v) is 2.69. The zero-order valence-corrected chi connectivity index (χ0v) is 18.7. The van der Waals surface area contributed by atoms with Crippen molar-refractivity contribution in [3.8, 4) is 0 Å². The summed E-state index contributed by atoms with van der Waals surface area (Å²) in [6, 6.07) is 0. The maximum Gasteiger partial charge on any atom is 0.191 e. The summed E-state index contributed by atoms with van der Waals surface area (Å²) in [5.41, 5.74) is 1.15. The lowest BCUT2D eigenvalue weighted by Gasteiger charge is -2.11. The lowest BCUT2D eigenvalue weighted by atomic mass is 10.1. The number of rotatable bonds is 10. The van der Waals surface area contributed by atoms with Crippen LogP contribution in [0.3, 0.4) is 0 Å². The third kappa shape index (κ3) is 10.5. The summed E-state index contributed by atoms with van der Waals surface area (Å²) in [5.74, 6) is 1.98. The van der Waals surface area contributed by atoms with Crippen molar-refractivity contribution in [3.63, 3.8) is 0 Å². The third-order valence-corrected chi connectivity index (χ3v) is 4.11. The number of nitrogens with zero attached hydrogens (tertiary/aromatic N) is 2. The molecule has 24 heavy (non-hydrogen) atoms. The van der Waals surface area contributed by atoms with E-state index in [1.165, 1.54) is 0 Å². The molecule has 7 heteroatoms. The average Bonchev–Trinajstić information content (AvgIpc) is 2.97. The molecular formula is C17H33IN4OS. The van der Waals surface area contributed by atoms with E-state index in [-0.39, 0.29) is 24.0 Å². The van der Waals surface area contributed by atoms with Crippen LogP contribution in [0.2, 0.25) is 0 Å². The molecule has 0 radical (unpaired) electrons. The lowest BCUT2D eigenvalue weighted by Crippen LogP contribution is -2.39. The van der Waals surface area contributed by atoms with Gasteiger partial charge in [-0.15, -0.1) is 35.3 Å². The van der Waals surface area contributed by atoms with Gasteiger partial charge in [-0.3, -0.25) is 0 Å². The number of ether oxygens (including phenoxy) is 1. The van der Waals surface area contributed by atoms with Crippen LogP contribution >= 0.6 is 35.3 Å². The molecule has 140 valence electrons. The van der Waals surface area contributed by atoms with E-state index < -0.39 is 0 Å². The first-order chi connectivity index (χ1) is 11.0. The molecule has 1 heterocycles. The van der Waals surface area contributed by atoms with Crippen molar-refractivity contribution in [2.75, 3.05) is 26.3 Å². The average molecular weight is 468 g/mol. The van der Waals surface area contributed by atoms with Gasteiger partial charge in [0.1, 0.15) is 5.01 Å². The lowest BCUT2D eigenvalue weighted by molar-refractivity contribution is 0.128. The van der Waals surface area contributed by atoms with Crippen LogP contribution in [-0.2, 0) is 11.3 Å². The van der Waals surface area contributed by atoms with E-state index in [1.54, 1.807) is 11.3 Å². The fourth-order valence-electron chi connectivity index (χ4n) is 1.81. The monoisotopic (exact) mass is 468 g/mol. The normalized spacial score (nSPS) is 11.7. The molecule has 0 aliphatic carbocycles. The van der Waals surface area contributed by atoms with Gasteiger partial charge >= 0.3 is 0 Å². The number of hydrogen-bond donors (Lipinski definition) is 2. The summed E-state index contributed by atoms with van der Waals surface area (Å²) < 4.78 is 5.61. The highest BCUT2D eigenvalue weighted by Crippen LogP contribution is 2.18. The molecule has 0 bridgehead atoms. The predicted octanol–water partition coefficient (Wildman–Crippen LogP) is 4.00. The Kier molecular flexibility index (Phi) is 13.6. The van der Waals surface area contributed by atoms with Gasteiger partial charge in [-0.2, -0.15) is 0 Å². The minimum atomic E-state index is 0. The molecule has 0 aliphatic rings. The minimum absolute atomic E-state index is 0. The van der Waals surface area contributed by atoms with Crippen molar-refractivity contribution < 1.29 is 4.74 Å². The molecule has 1 aromatic rings. The number of aliphatic imine (C=N–C) groups is 1. The molecule has 0 atom stereocenters. The molecule has 5 nitrogen and oxygen atoms in total. The van der Waals surface area contributed by atoms with Crippen LogP contribution < -0.4 is 10.6 Å². The number of aromatic nitrogens is 1. The Labute approximate surface area is 168 Å². The van der Waals surface area contributed by atoms with Gasteiger partial charge < -0.3 is 15.4 Å². The highest BCUT2D eigenvalue weighted by atomic mass is 127. The minimum Gasteiger partial charge on any atom is -0.380 e. The predicted molar refractivity (Wildman–Crippen MR) is 115 cm³/mol. The van der Waals surface area contributed by atoms with E-state index in [0.29, 0.717) is 25.0 Å². The molecule has 0 saturated carbocycles. The molecule has 0 fully saturated rings. The van der Waals surface area contributed by atoms with Crippen molar-refractivity contribution in [2.24, 2.45) is 10.9 Å². The Morgan fingerprint density at radius 2 is 2.00 bits per heavy atom. The first kappa shape index (κ1) is 23.6. The second kappa shape index (κ2) is 13.8. The van der Waals surface area contributed by atoms with Crippen LogP contribution in [0.25, 0.3) is 0 Å². The van der Waals surface area contributed by atoms with Gasteiger partial charge in [-0.1, -0.05) is 27.7 Å². The number of nitrogens with one attached hydrogen (secondary N) is 2. The van der Waals surface area contributed by atoms with Crippen LogP contribution in [0.15, 0.2) is 10.4 Å². The molecule has 1 aromatic heterocycles. The standard InChI is InChI=1S/C17H32N4OS.HI/c1-6-18-17(19-8-10-22-9-7-13(2)3)20-11-16-21-15(12-23-16)14(4)5;/h12-14H,6-11H2,1-5H3,(H2,18,19,20);1H. The largest absolute Gasteiger partial charge is 0.380 e. The van der Waals surface area contributed by atoms with E-state index in [2.05, 4.69) is 60.6 Å². The molecule has 2 N–H and O–H groups in total. The highest BCUT2D eigenvalue weighted by Gasteiger charge is 2.05.